The molecule has 1 fully saturated rings. The number of phenolic OH excluding ortho intramolecular Hbond substituents is 2. The summed E-state index contributed by atoms with van der Waals surface area (Å²) < 4.78 is 4.50. The molecule has 1 saturated heterocycles. The van der Waals surface area contributed by atoms with Crippen LogP contribution in [-0.2, 0) is 4.74 Å². The zero-order valence-corrected chi connectivity index (χ0v) is 8.18. The second-order valence-corrected chi connectivity index (χ2v) is 3.33. The number of rotatable bonds is 0. The Labute approximate surface area is 87.5 Å². The monoisotopic (exact) mass is 204 g/mol. The van der Waals surface area contributed by atoms with Crippen molar-refractivity contribution in [3.05, 3.63) is 36.4 Å². The van der Waals surface area contributed by atoms with E-state index in [2.05, 4.69) is 4.74 Å². The smallest absolute Gasteiger partial charge is 0.116 e. The number of hydrogen-bond acceptors (Lipinski definition) is 3. The highest BCUT2D eigenvalue weighted by Crippen LogP contribution is 2.23. The van der Waals surface area contributed by atoms with Gasteiger partial charge in [-0.15, -0.1) is 0 Å². The lowest BCUT2D eigenvalue weighted by Crippen LogP contribution is -1.71. The fourth-order valence-corrected chi connectivity index (χ4v) is 1.22. The van der Waals surface area contributed by atoms with Crippen LogP contribution in [0.4, 0.5) is 0 Å². The van der Waals surface area contributed by atoms with E-state index in [-0.39, 0.29) is 11.5 Å². The van der Waals surface area contributed by atoms with Gasteiger partial charge in [-0.1, -0.05) is 12.1 Å². The van der Waals surface area contributed by atoms with E-state index in [0.29, 0.717) is 0 Å². The maximum absolute atomic E-state index is 9.14. The highest BCUT2D eigenvalue weighted by molar-refractivity contribution is 5.84. The predicted molar refractivity (Wildman–Crippen MR) is 58.1 cm³/mol. The predicted octanol–water partition coefficient (Wildman–Crippen LogP) is 2.27. The maximum Gasteiger partial charge on any atom is 0.116 e. The summed E-state index contributed by atoms with van der Waals surface area (Å²) in [6.07, 6.45) is 0. The van der Waals surface area contributed by atoms with Crippen LogP contribution in [0.1, 0.15) is 0 Å². The molecule has 1 aliphatic rings. The van der Waals surface area contributed by atoms with Crippen LogP contribution >= 0.6 is 0 Å². The lowest BCUT2D eigenvalue weighted by molar-refractivity contribution is 0.474. The Morgan fingerprint density at radius 2 is 1.20 bits per heavy atom. The lowest BCUT2D eigenvalue weighted by atomic mass is 10.1. The van der Waals surface area contributed by atoms with E-state index in [1.54, 1.807) is 36.4 Å². The molecular weight excluding hydrogens is 192 g/mol. The number of hydrogen-bond donors (Lipinski definition) is 2. The molecule has 2 aromatic rings. The van der Waals surface area contributed by atoms with Crippen LogP contribution in [0.15, 0.2) is 36.4 Å². The van der Waals surface area contributed by atoms with Gasteiger partial charge in [0.2, 0.25) is 0 Å². The molecule has 3 heteroatoms. The van der Waals surface area contributed by atoms with Crippen LogP contribution in [0.5, 0.6) is 11.5 Å². The summed E-state index contributed by atoms with van der Waals surface area (Å²) in [6, 6.07) is 10.1. The zero-order chi connectivity index (χ0) is 10.7. The molecule has 2 N–H and O–H groups in total. The van der Waals surface area contributed by atoms with Crippen LogP contribution in [-0.4, -0.2) is 23.4 Å². The minimum Gasteiger partial charge on any atom is -0.508 e. The van der Waals surface area contributed by atoms with Gasteiger partial charge in [-0.25, -0.2) is 0 Å². The van der Waals surface area contributed by atoms with Gasteiger partial charge < -0.3 is 14.9 Å². The molecule has 0 atom stereocenters. The first-order chi connectivity index (χ1) is 7.25. The minimum absolute atomic E-state index is 0.244. The number of phenols is 2. The third-order valence-corrected chi connectivity index (χ3v) is 2.01. The normalized spacial score (nSPS) is 13.1. The van der Waals surface area contributed by atoms with Gasteiger partial charge in [0.1, 0.15) is 11.5 Å². The molecule has 1 aliphatic heterocycles. The molecule has 15 heavy (non-hydrogen) atoms. The topological polar surface area (TPSA) is 53.0 Å². The largest absolute Gasteiger partial charge is 0.508 e. The van der Waals surface area contributed by atoms with Crippen molar-refractivity contribution in [2.45, 2.75) is 0 Å². The average Bonchev–Trinajstić information content (AvgIpc) is 3.05. The first kappa shape index (κ1) is 9.80. The molecule has 0 radical (unpaired) electrons. The van der Waals surface area contributed by atoms with Crippen molar-refractivity contribution in [2.24, 2.45) is 0 Å². The average molecular weight is 204 g/mol. The Kier molecular flexibility index (Phi) is 2.74. The Morgan fingerprint density at radius 1 is 0.800 bits per heavy atom. The highest BCUT2D eigenvalue weighted by atomic mass is 16.6. The van der Waals surface area contributed by atoms with Crippen LogP contribution in [0.25, 0.3) is 10.8 Å². The molecule has 0 aliphatic carbocycles. The van der Waals surface area contributed by atoms with Crippen LogP contribution < -0.4 is 0 Å². The maximum atomic E-state index is 9.14. The van der Waals surface area contributed by atoms with E-state index < -0.39 is 0 Å². The van der Waals surface area contributed by atoms with Crippen LogP contribution in [0, 0.1) is 0 Å². The summed E-state index contributed by atoms with van der Waals surface area (Å²) in [6.45, 7) is 2.00. The van der Waals surface area contributed by atoms with Gasteiger partial charge in [-0.3, -0.25) is 0 Å². The van der Waals surface area contributed by atoms with Crippen LogP contribution in [0.2, 0.25) is 0 Å². The molecule has 0 bridgehead atoms. The Bertz CT molecular complexity index is 419. The van der Waals surface area contributed by atoms with Gasteiger partial charge in [0.15, 0.2) is 0 Å². The fourth-order valence-electron chi connectivity index (χ4n) is 1.22. The fraction of sp³-hybridized carbons (Fsp3) is 0.167. The third-order valence-electron chi connectivity index (χ3n) is 2.01. The molecule has 0 unspecified atom stereocenters. The van der Waals surface area contributed by atoms with Gasteiger partial charge in [-0.05, 0) is 35.0 Å². The summed E-state index contributed by atoms with van der Waals surface area (Å²) in [4.78, 5) is 0. The number of epoxide rings is 1. The zero-order valence-electron chi connectivity index (χ0n) is 8.18. The minimum atomic E-state index is 0.244. The molecule has 78 valence electrons. The molecule has 1 heterocycles. The van der Waals surface area contributed by atoms with Gasteiger partial charge in [0.05, 0.1) is 13.2 Å². The first-order valence-electron chi connectivity index (χ1n) is 4.75. The van der Waals surface area contributed by atoms with Crippen molar-refractivity contribution < 1.29 is 14.9 Å². The second kappa shape index (κ2) is 4.19. The van der Waals surface area contributed by atoms with Gasteiger partial charge >= 0.3 is 0 Å². The summed E-state index contributed by atoms with van der Waals surface area (Å²) in [5, 5.41) is 20.1. The number of ether oxygens (including phenoxy) is 1. The van der Waals surface area contributed by atoms with Crippen molar-refractivity contribution >= 4 is 10.8 Å². The van der Waals surface area contributed by atoms with Crippen molar-refractivity contribution in [2.75, 3.05) is 13.2 Å². The SMILES string of the molecule is C1CO1.Oc1ccc2cc(O)ccc2c1. The van der Waals surface area contributed by atoms with Gasteiger partial charge in [0.25, 0.3) is 0 Å². The molecule has 3 rings (SSSR count). The lowest BCUT2D eigenvalue weighted by Gasteiger charge is -1.98. The van der Waals surface area contributed by atoms with E-state index >= 15 is 0 Å². The van der Waals surface area contributed by atoms with Crippen molar-refractivity contribution in [1.82, 2.24) is 0 Å². The number of fused-ring (bicyclic) bond motifs is 1. The molecule has 0 amide bonds. The molecule has 0 spiro atoms. The van der Waals surface area contributed by atoms with E-state index in [9.17, 15) is 0 Å². The van der Waals surface area contributed by atoms with Crippen molar-refractivity contribution in [1.29, 1.82) is 0 Å². The standard InChI is InChI=1S/C10H8O2.C2H4O/c11-9-3-1-7-5-10(12)4-2-8(7)6-9;1-2-3-1/h1-6,11-12H;1-2H2. The van der Waals surface area contributed by atoms with E-state index in [1.807, 2.05) is 0 Å². The molecule has 0 saturated carbocycles. The number of benzene rings is 2. The molecule has 0 aromatic heterocycles. The Hall–Kier alpha value is -1.74. The van der Waals surface area contributed by atoms with Crippen molar-refractivity contribution in [3.8, 4) is 11.5 Å². The first-order valence-corrected chi connectivity index (χ1v) is 4.75. The summed E-state index contributed by atoms with van der Waals surface area (Å²) in [7, 11) is 0. The van der Waals surface area contributed by atoms with Crippen molar-refractivity contribution in [3.63, 3.8) is 0 Å². The second-order valence-electron chi connectivity index (χ2n) is 3.33. The summed E-state index contributed by atoms with van der Waals surface area (Å²) in [5.41, 5.74) is 0. The summed E-state index contributed by atoms with van der Waals surface area (Å²) in [5.74, 6) is 0.487. The van der Waals surface area contributed by atoms with Crippen LogP contribution in [0.3, 0.4) is 0 Å². The summed E-state index contributed by atoms with van der Waals surface area (Å²) >= 11 is 0. The van der Waals surface area contributed by atoms with E-state index in [0.717, 1.165) is 24.0 Å². The van der Waals surface area contributed by atoms with Gasteiger partial charge in [-0.2, -0.15) is 0 Å². The quantitative estimate of drug-likeness (QED) is 0.647. The van der Waals surface area contributed by atoms with E-state index in [1.165, 1.54) is 0 Å². The Morgan fingerprint density at radius 3 is 1.53 bits per heavy atom. The Balaban J connectivity index is 0.000000244. The molecule has 2 aromatic carbocycles. The third kappa shape index (κ3) is 2.86. The molecule has 3 nitrogen and oxygen atoms in total. The van der Waals surface area contributed by atoms with Gasteiger partial charge in [0, 0.05) is 0 Å². The highest BCUT2D eigenvalue weighted by Gasteiger charge is 1.95. The van der Waals surface area contributed by atoms with E-state index in [4.69, 9.17) is 10.2 Å². The molecular formula is C12H12O3. The number of aromatic hydroxyl groups is 2.